The van der Waals surface area contributed by atoms with E-state index in [1.54, 1.807) is 48.5 Å². The number of likely N-dealkylation sites (tertiary alicyclic amines) is 1. The molecule has 0 saturated carbocycles. The Morgan fingerprint density at radius 2 is 1.26 bits per heavy atom. The third-order valence-electron chi connectivity index (χ3n) is 8.39. The zero-order chi connectivity index (χ0) is 30.1. The number of primary amides is 1. The molecule has 4 aliphatic rings. The highest BCUT2D eigenvalue weighted by Crippen LogP contribution is 2.69. The van der Waals surface area contributed by atoms with Crippen molar-refractivity contribution in [3.63, 3.8) is 0 Å². The second-order valence-corrected chi connectivity index (χ2v) is 12.3. The molecule has 0 unspecified atom stereocenters. The minimum absolute atomic E-state index is 0.228. The summed E-state index contributed by atoms with van der Waals surface area (Å²) in [6, 6.07) is 18.4. The van der Waals surface area contributed by atoms with Gasteiger partial charge in [0, 0.05) is 10.6 Å². The standard InChI is InChI=1S/C31H23Cl3N2O6/c1-15(26(38)16-10-12-17(32)13-11-16)42-29(41)22(14-23(35)37)36-27(39)24-25(28(36)40)31(34)19-7-3-2-6-18(19)30(24,33)20-8-4-5-9-21(20)31/h2-13,15,22,24-25H,14H2,1H3,(H2,35,37)/t15-,22+,24+,25+,30?,31?/m0/s1. The van der Waals surface area contributed by atoms with Crippen LogP contribution in [0.3, 0.4) is 0 Å². The number of hydrogen-bond donors (Lipinski definition) is 1. The van der Waals surface area contributed by atoms with E-state index in [0.29, 0.717) is 32.2 Å². The number of rotatable bonds is 7. The normalized spacial score (nSPS) is 26.6. The number of ether oxygens (including phenoxy) is 1. The van der Waals surface area contributed by atoms with Crippen molar-refractivity contribution in [1.29, 1.82) is 0 Å². The molecule has 1 aliphatic heterocycles. The molecule has 7 rings (SSSR count). The third-order valence-corrected chi connectivity index (χ3v) is 9.93. The lowest BCUT2D eigenvalue weighted by molar-refractivity contribution is -0.161. The Morgan fingerprint density at radius 3 is 1.67 bits per heavy atom. The van der Waals surface area contributed by atoms with Gasteiger partial charge in [-0.3, -0.25) is 24.1 Å². The molecule has 1 fully saturated rings. The van der Waals surface area contributed by atoms with E-state index in [9.17, 15) is 24.0 Å². The molecular formula is C31H23Cl3N2O6. The molecule has 1 heterocycles. The van der Waals surface area contributed by atoms with E-state index in [-0.39, 0.29) is 5.56 Å². The van der Waals surface area contributed by atoms with Crippen LogP contribution in [0.15, 0.2) is 72.8 Å². The monoisotopic (exact) mass is 624 g/mol. The molecule has 11 heteroatoms. The first kappa shape index (κ1) is 28.4. The van der Waals surface area contributed by atoms with Gasteiger partial charge in [-0.2, -0.15) is 0 Å². The summed E-state index contributed by atoms with van der Waals surface area (Å²) in [6.45, 7) is 1.35. The predicted octanol–water partition coefficient (Wildman–Crippen LogP) is 4.29. The van der Waals surface area contributed by atoms with Crippen molar-refractivity contribution in [3.05, 3.63) is 106 Å². The number of alkyl halides is 2. The van der Waals surface area contributed by atoms with Gasteiger partial charge >= 0.3 is 5.97 Å². The maximum Gasteiger partial charge on any atom is 0.330 e. The molecule has 0 radical (unpaired) electrons. The number of benzene rings is 3. The van der Waals surface area contributed by atoms with E-state index in [0.717, 1.165) is 0 Å². The fourth-order valence-electron chi connectivity index (χ4n) is 6.62. The first-order chi connectivity index (χ1) is 19.9. The van der Waals surface area contributed by atoms with E-state index in [2.05, 4.69) is 0 Å². The lowest BCUT2D eigenvalue weighted by atomic mass is 9.54. The first-order valence-electron chi connectivity index (χ1n) is 13.2. The summed E-state index contributed by atoms with van der Waals surface area (Å²) < 4.78 is 5.42. The molecule has 214 valence electrons. The Hall–Kier alpha value is -3.72. The topological polar surface area (TPSA) is 124 Å². The van der Waals surface area contributed by atoms with Gasteiger partial charge in [0.15, 0.2) is 6.10 Å². The van der Waals surface area contributed by atoms with Crippen molar-refractivity contribution in [2.75, 3.05) is 0 Å². The van der Waals surface area contributed by atoms with Crippen LogP contribution < -0.4 is 5.73 Å². The van der Waals surface area contributed by atoms with Crippen LogP contribution in [-0.2, 0) is 33.7 Å². The smallest absolute Gasteiger partial charge is 0.330 e. The van der Waals surface area contributed by atoms with Crippen LogP contribution in [0.4, 0.5) is 0 Å². The molecule has 0 spiro atoms. The lowest BCUT2D eigenvalue weighted by Crippen LogP contribution is -2.57. The van der Waals surface area contributed by atoms with E-state index < -0.39 is 69.6 Å². The molecule has 2 bridgehead atoms. The number of carbonyl (C=O) groups excluding carboxylic acids is 5. The summed E-state index contributed by atoms with van der Waals surface area (Å²) >= 11 is 20.7. The Kier molecular flexibility index (Phi) is 6.72. The number of amides is 3. The molecule has 8 nitrogen and oxygen atoms in total. The van der Waals surface area contributed by atoms with Crippen LogP contribution in [0.2, 0.25) is 5.02 Å². The zero-order valence-electron chi connectivity index (χ0n) is 22.1. The molecule has 3 amide bonds. The van der Waals surface area contributed by atoms with Gasteiger partial charge in [-0.15, -0.1) is 23.2 Å². The molecule has 4 atom stereocenters. The van der Waals surface area contributed by atoms with Crippen LogP contribution in [0.5, 0.6) is 0 Å². The zero-order valence-corrected chi connectivity index (χ0v) is 24.3. The third kappa shape index (κ3) is 3.85. The summed E-state index contributed by atoms with van der Waals surface area (Å²) in [5.41, 5.74) is 8.03. The van der Waals surface area contributed by atoms with Gasteiger partial charge in [0.2, 0.25) is 23.5 Å². The van der Waals surface area contributed by atoms with Crippen LogP contribution in [0.1, 0.15) is 46.0 Å². The Morgan fingerprint density at radius 1 is 0.833 bits per heavy atom. The SMILES string of the molecule is C[C@H](OC(=O)[C@@H](CC(N)=O)N1C(=O)[C@H]2[C@H](C1=O)C1(Cl)c3ccccc3C2(Cl)c2ccccc21)C(=O)c1ccc(Cl)cc1. The number of Topliss-reactive ketones (excluding diaryl/α,β-unsaturated/α-hetero) is 1. The van der Waals surface area contributed by atoms with Crippen molar-refractivity contribution in [3.8, 4) is 0 Å². The number of halogens is 3. The average Bonchev–Trinajstić information content (AvgIpc) is 3.25. The molecule has 0 aromatic heterocycles. The van der Waals surface area contributed by atoms with Crippen molar-refractivity contribution in [2.24, 2.45) is 17.6 Å². The number of hydrogen-bond acceptors (Lipinski definition) is 6. The Labute approximate surface area is 255 Å². The average molecular weight is 626 g/mol. The molecule has 3 aromatic rings. The second kappa shape index (κ2) is 9.93. The fraction of sp³-hybridized carbons (Fsp3) is 0.258. The number of imide groups is 1. The van der Waals surface area contributed by atoms with Crippen LogP contribution in [-0.4, -0.2) is 46.5 Å². The molecule has 1 saturated heterocycles. The summed E-state index contributed by atoms with van der Waals surface area (Å²) in [6.07, 6.45) is -2.03. The number of esters is 1. The van der Waals surface area contributed by atoms with Gasteiger partial charge < -0.3 is 10.5 Å². The number of carbonyl (C=O) groups is 5. The summed E-state index contributed by atoms with van der Waals surface area (Å²) in [5, 5.41) is 0.414. The first-order valence-corrected chi connectivity index (χ1v) is 14.3. The minimum Gasteiger partial charge on any atom is -0.453 e. The van der Waals surface area contributed by atoms with Gasteiger partial charge in [0.05, 0.1) is 18.3 Å². The van der Waals surface area contributed by atoms with Crippen molar-refractivity contribution < 1.29 is 28.7 Å². The molecular weight excluding hydrogens is 603 g/mol. The summed E-state index contributed by atoms with van der Waals surface area (Å²) in [4.78, 5) is 64.8. The van der Waals surface area contributed by atoms with Crippen LogP contribution in [0, 0.1) is 11.8 Å². The maximum atomic E-state index is 14.2. The van der Waals surface area contributed by atoms with E-state index in [1.807, 2.05) is 0 Å². The van der Waals surface area contributed by atoms with Gasteiger partial charge in [-0.1, -0.05) is 60.1 Å². The molecule has 42 heavy (non-hydrogen) atoms. The quantitative estimate of drug-likeness (QED) is 0.181. The largest absolute Gasteiger partial charge is 0.453 e. The van der Waals surface area contributed by atoms with Gasteiger partial charge in [-0.25, -0.2) is 4.79 Å². The fourth-order valence-corrected chi connectivity index (χ4v) is 7.85. The highest BCUT2D eigenvalue weighted by atomic mass is 35.5. The predicted molar refractivity (Wildman–Crippen MR) is 154 cm³/mol. The van der Waals surface area contributed by atoms with Crippen LogP contribution in [0.25, 0.3) is 0 Å². The van der Waals surface area contributed by atoms with E-state index in [4.69, 9.17) is 45.3 Å². The van der Waals surface area contributed by atoms with Crippen molar-refractivity contribution in [1.82, 2.24) is 4.90 Å². The summed E-state index contributed by atoms with van der Waals surface area (Å²) in [5.74, 6) is -6.59. The van der Waals surface area contributed by atoms with E-state index in [1.165, 1.54) is 31.2 Å². The minimum atomic E-state index is -1.74. The molecule has 2 N–H and O–H groups in total. The molecule has 3 aromatic carbocycles. The highest BCUT2D eigenvalue weighted by molar-refractivity contribution is 6.36. The molecule has 3 aliphatic carbocycles. The van der Waals surface area contributed by atoms with Gasteiger partial charge in [0.1, 0.15) is 15.8 Å². The highest BCUT2D eigenvalue weighted by Gasteiger charge is 2.74. The number of nitrogens with zero attached hydrogens (tertiary/aromatic N) is 1. The van der Waals surface area contributed by atoms with Gasteiger partial charge in [-0.05, 0) is 53.4 Å². The van der Waals surface area contributed by atoms with Crippen molar-refractivity contribution >= 4 is 64.3 Å². The lowest BCUT2D eigenvalue weighted by Gasteiger charge is -2.54. The van der Waals surface area contributed by atoms with Gasteiger partial charge in [0.25, 0.3) is 0 Å². The summed E-state index contributed by atoms with van der Waals surface area (Å²) in [7, 11) is 0. The van der Waals surface area contributed by atoms with E-state index >= 15 is 0 Å². The Balaban J connectivity index is 1.40. The number of nitrogens with two attached hydrogens (primary N) is 1. The second-order valence-electron chi connectivity index (χ2n) is 10.7. The maximum absolute atomic E-state index is 14.2. The van der Waals surface area contributed by atoms with Crippen LogP contribution >= 0.6 is 34.8 Å². The number of ketones is 1. The Bertz CT molecular complexity index is 1570. The van der Waals surface area contributed by atoms with Crippen molar-refractivity contribution in [2.45, 2.75) is 35.2 Å².